The Morgan fingerprint density at radius 3 is 2.48 bits per heavy atom. The largest absolute Gasteiger partial charge is 0.425 e. The standard InChI is InChI=1S/C15H17N3O3/c16-12-17-14(21-13-4-2-1-3-5-13)18-8-6-15(7-9-18)19-10-11-20-15/h1-5H,6-11H2/b17-14+. The van der Waals surface area contributed by atoms with E-state index in [1.165, 1.54) is 0 Å². The third-order valence-electron chi connectivity index (χ3n) is 3.71. The number of ether oxygens (including phenoxy) is 3. The van der Waals surface area contributed by atoms with Crippen LogP contribution in [0, 0.1) is 11.5 Å². The molecule has 2 aliphatic heterocycles. The van der Waals surface area contributed by atoms with E-state index < -0.39 is 5.79 Å². The Hall–Kier alpha value is -2.10. The van der Waals surface area contributed by atoms with E-state index in [1.807, 2.05) is 35.2 Å². The van der Waals surface area contributed by atoms with Gasteiger partial charge in [0.2, 0.25) is 6.19 Å². The fraction of sp³-hybridized carbons (Fsp3) is 0.467. The van der Waals surface area contributed by atoms with Gasteiger partial charge in [-0.05, 0) is 12.1 Å². The first kappa shape index (κ1) is 13.9. The van der Waals surface area contributed by atoms with Gasteiger partial charge in [-0.3, -0.25) is 0 Å². The van der Waals surface area contributed by atoms with Gasteiger partial charge in [-0.15, -0.1) is 4.99 Å². The smallest absolute Gasteiger partial charge is 0.308 e. The number of piperidine rings is 1. The second kappa shape index (κ2) is 6.12. The highest BCUT2D eigenvalue weighted by atomic mass is 16.7. The van der Waals surface area contributed by atoms with Gasteiger partial charge in [-0.25, -0.2) is 0 Å². The Kier molecular flexibility index (Phi) is 4.04. The van der Waals surface area contributed by atoms with Crippen LogP contribution >= 0.6 is 0 Å². The summed E-state index contributed by atoms with van der Waals surface area (Å²) in [5.41, 5.74) is 0. The molecule has 2 saturated heterocycles. The number of rotatable bonds is 1. The van der Waals surface area contributed by atoms with E-state index >= 15 is 0 Å². The maximum absolute atomic E-state index is 8.86. The number of nitriles is 1. The Bertz CT molecular complexity index is 537. The van der Waals surface area contributed by atoms with Crippen molar-refractivity contribution in [1.82, 2.24) is 4.90 Å². The molecule has 3 rings (SSSR count). The predicted molar refractivity (Wildman–Crippen MR) is 75.6 cm³/mol. The summed E-state index contributed by atoms with van der Waals surface area (Å²) < 4.78 is 17.1. The molecular weight excluding hydrogens is 270 g/mol. The molecule has 0 unspecified atom stereocenters. The minimum Gasteiger partial charge on any atom is -0.425 e. The van der Waals surface area contributed by atoms with E-state index in [9.17, 15) is 0 Å². The molecule has 2 heterocycles. The zero-order chi connectivity index (χ0) is 14.5. The molecular formula is C15H17N3O3. The van der Waals surface area contributed by atoms with Crippen LogP contribution in [0.1, 0.15) is 12.8 Å². The molecule has 0 atom stereocenters. The third-order valence-corrected chi connectivity index (χ3v) is 3.71. The molecule has 2 aliphatic rings. The number of para-hydroxylation sites is 1. The number of amidine groups is 1. The Morgan fingerprint density at radius 2 is 1.86 bits per heavy atom. The van der Waals surface area contributed by atoms with E-state index in [0.29, 0.717) is 38.1 Å². The van der Waals surface area contributed by atoms with Gasteiger partial charge in [0.1, 0.15) is 5.75 Å². The molecule has 0 amide bonds. The van der Waals surface area contributed by atoms with Crippen molar-refractivity contribution in [3.63, 3.8) is 0 Å². The van der Waals surface area contributed by atoms with Crippen molar-refractivity contribution in [3.8, 4) is 11.9 Å². The zero-order valence-corrected chi connectivity index (χ0v) is 11.7. The Balaban J connectivity index is 1.66. The molecule has 21 heavy (non-hydrogen) atoms. The number of benzene rings is 1. The quantitative estimate of drug-likeness (QED) is 0.447. The van der Waals surface area contributed by atoms with Crippen LogP contribution < -0.4 is 4.74 Å². The topological polar surface area (TPSA) is 67.1 Å². The lowest BCUT2D eigenvalue weighted by atomic mass is 10.0. The van der Waals surface area contributed by atoms with Gasteiger partial charge < -0.3 is 19.1 Å². The van der Waals surface area contributed by atoms with Crippen LogP contribution in [0.5, 0.6) is 5.75 Å². The summed E-state index contributed by atoms with van der Waals surface area (Å²) in [5, 5.41) is 8.86. The van der Waals surface area contributed by atoms with Gasteiger partial charge >= 0.3 is 6.02 Å². The molecule has 0 aromatic heterocycles. The van der Waals surface area contributed by atoms with Crippen molar-refractivity contribution < 1.29 is 14.2 Å². The van der Waals surface area contributed by atoms with Gasteiger partial charge in [-0.1, -0.05) is 18.2 Å². The maximum atomic E-state index is 8.86. The molecule has 0 saturated carbocycles. The second-order valence-electron chi connectivity index (χ2n) is 5.00. The van der Waals surface area contributed by atoms with Gasteiger partial charge in [0.25, 0.3) is 0 Å². The van der Waals surface area contributed by atoms with Crippen LogP contribution in [0.25, 0.3) is 0 Å². The van der Waals surface area contributed by atoms with Crippen molar-refractivity contribution in [2.75, 3.05) is 26.3 Å². The van der Waals surface area contributed by atoms with Crippen LogP contribution in [-0.4, -0.2) is 43.0 Å². The molecule has 2 fully saturated rings. The summed E-state index contributed by atoms with van der Waals surface area (Å²) in [6.45, 7) is 2.68. The van der Waals surface area contributed by atoms with Gasteiger partial charge in [0.05, 0.1) is 13.2 Å². The number of nitrogens with zero attached hydrogens (tertiary/aromatic N) is 3. The highest BCUT2D eigenvalue weighted by Gasteiger charge is 2.40. The SMILES string of the molecule is N#C/N=C(/Oc1ccccc1)N1CCC2(CC1)OCCO2. The van der Waals surface area contributed by atoms with Crippen LogP contribution in [0.15, 0.2) is 35.3 Å². The Labute approximate surface area is 123 Å². The van der Waals surface area contributed by atoms with Crippen molar-refractivity contribution in [1.29, 1.82) is 5.26 Å². The molecule has 0 radical (unpaired) electrons. The average Bonchev–Trinajstić information content (AvgIpc) is 2.97. The minimum absolute atomic E-state index is 0.330. The van der Waals surface area contributed by atoms with Crippen LogP contribution in [0.3, 0.4) is 0 Å². The molecule has 0 N–H and O–H groups in total. The summed E-state index contributed by atoms with van der Waals surface area (Å²) >= 11 is 0. The van der Waals surface area contributed by atoms with Crippen LogP contribution in [-0.2, 0) is 9.47 Å². The third kappa shape index (κ3) is 3.15. The van der Waals surface area contributed by atoms with E-state index in [2.05, 4.69) is 4.99 Å². The average molecular weight is 287 g/mol. The molecule has 0 bridgehead atoms. The molecule has 0 aliphatic carbocycles. The zero-order valence-electron chi connectivity index (χ0n) is 11.7. The normalized spacial score (nSPS) is 21.3. The molecule has 110 valence electrons. The first-order valence-corrected chi connectivity index (χ1v) is 7.04. The van der Waals surface area contributed by atoms with E-state index in [1.54, 1.807) is 6.19 Å². The highest BCUT2D eigenvalue weighted by molar-refractivity contribution is 5.77. The highest BCUT2D eigenvalue weighted by Crippen LogP contribution is 2.31. The number of aliphatic imine (C=N–C) groups is 1. The first-order chi connectivity index (χ1) is 10.3. The van der Waals surface area contributed by atoms with Crippen molar-refractivity contribution in [2.45, 2.75) is 18.6 Å². The number of likely N-dealkylation sites (tertiary alicyclic amines) is 1. The monoisotopic (exact) mass is 287 g/mol. The van der Waals surface area contributed by atoms with Crippen molar-refractivity contribution >= 4 is 6.02 Å². The number of hydrogen-bond donors (Lipinski definition) is 0. The summed E-state index contributed by atoms with van der Waals surface area (Å²) in [6, 6.07) is 9.67. The first-order valence-electron chi connectivity index (χ1n) is 7.04. The summed E-state index contributed by atoms with van der Waals surface area (Å²) in [6.07, 6.45) is 3.30. The van der Waals surface area contributed by atoms with E-state index in [4.69, 9.17) is 19.5 Å². The summed E-state index contributed by atoms with van der Waals surface area (Å²) in [7, 11) is 0. The molecule has 1 aromatic carbocycles. The Morgan fingerprint density at radius 1 is 1.19 bits per heavy atom. The van der Waals surface area contributed by atoms with Gasteiger partial charge in [0.15, 0.2) is 5.79 Å². The molecule has 6 heteroatoms. The molecule has 1 aromatic rings. The van der Waals surface area contributed by atoms with Crippen LogP contribution in [0.2, 0.25) is 0 Å². The van der Waals surface area contributed by atoms with Crippen molar-refractivity contribution in [2.24, 2.45) is 4.99 Å². The lowest BCUT2D eigenvalue weighted by Gasteiger charge is -2.37. The summed E-state index contributed by atoms with van der Waals surface area (Å²) in [4.78, 5) is 5.75. The maximum Gasteiger partial charge on any atom is 0.308 e. The second-order valence-corrected chi connectivity index (χ2v) is 5.00. The predicted octanol–water partition coefficient (Wildman–Crippen LogP) is 1.74. The van der Waals surface area contributed by atoms with Crippen LogP contribution in [0.4, 0.5) is 0 Å². The van der Waals surface area contributed by atoms with E-state index in [-0.39, 0.29) is 0 Å². The minimum atomic E-state index is -0.443. The lowest BCUT2D eigenvalue weighted by molar-refractivity contribution is -0.181. The number of hydrogen-bond acceptors (Lipinski definition) is 5. The fourth-order valence-corrected chi connectivity index (χ4v) is 2.62. The van der Waals surface area contributed by atoms with E-state index in [0.717, 1.165) is 12.8 Å². The fourth-order valence-electron chi connectivity index (χ4n) is 2.62. The summed E-state index contributed by atoms with van der Waals surface area (Å²) in [5.74, 6) is 0.223. The molecule has 6 nitrogen and oxygen atoms in total. The molecule has 1 spiro atoms. The van der Waals surface area contributed by atoms with Gasteiger partial charge in [-0.2, -0.15) is 5.26 Å². The lowest BCUT2D eigenvalue weighted by Crippen LogP contribution is -2.48. The van der Waals surface area contributed by atoms with Crippen molar-refractivity contribution in [3.05, 3.63) is 30.3 Å². The van der Waals surface area contributed by atoms with Gasteiger partial charge in [0, 0.05) is 25.9 Å².